The van der Waals surface area contributed by atoms with Crippen LogP contribution in [0, 0.1) is 12.7 Å². The molecule has 0 amide bonds. The van der Waals surface area contributed by atoms with Crippen molar-refractivity contribution in [3.63, 3.8) is 0 Å². The zero-order valence-corrected chi connectivity index (χ0v) is 11.7. The van der Waals surface area contributed by atoms with E-state index in [2.05, 4.69) is 5.32 Å². The van der Waals surface area contributed by atoms with E-state index in [1.54, 1.807) is 7.05 Å². The number of aryl methyl sites for hydroxylation is 1. The smallest absolute Gasteiger partial charge is 0.309 e. The number of nitrogens with one attached hydrogen (secondary N) is 1. The molecule has 6 heteroatoms. The Morgan fingerprint density at radius 3 is 2.35 bits per heavy atom. The van der Waals surface area contributed by atoms with E-state index in [4.69, 9.17) is 0 Å². The van der Waals surface area contributed by atoms with Gasteiger partial charge < -0.3 is 5.32 Å². The Morgan fingerprint density at radius 1 is 1.20 bits per heavy atom. The zero-order valence-electron chi connectivity index (χ0n) is 10.9. The average molecular weight is 303 g/mol. The van der Waals surface area contributed by atoms with E-state index in [9.17, 15) is 17.6 Å². The second-order valence-corrected chi connectivity index (χ2v) is 5.21. The van der Waals surface area contributed by atoms with Gasteiger partial charge in [0.2, 0.25) is 0 Å². The van der Waals surface area contributed by atoms with Crippen molar-refractivity contribution >= 4 is 11.3 Å². The molecule has 0 saturated carbocycles. The van der Waals surface area contributed by atoms with Gasteiger partial charge in [0.15, 0.2) is 0 Å². The van der Waals surface area contributed by atoms with E-state index >= 15 is 0 Å². The Bertz CT molecular complexity index is 603. The van der Waals surface area contributed by atoms with Crippen LogP contribution in [0.3, 0.4) is 0 Å². The van der Waals surface area contributed by atoms with Gasteiger partial charge in [-0.1, -0.05) is 6.07 Å². The molecule has 1 unspecified atom stereocenters. The molecular formula is C14H13F4NS. The number of benzene rings is 1. The molecule has 0 aliphatic carbocycles. The first kappa shape index (κ1) is 15.0. The van der Waals surface area contributed by atoms with Gasteiger partial charge in [-0.3, -0.25) is 0 Å². The fourth-order valence-electron chi connectivity index (χ4n) is 2.11. The fourth-order valence-corrected chi connectivity index (χ4v) is 2.99. The topological polar surface area (TPSA) is 12.0 Å². The number of halogens is 4. The Labute approximate surface area is 118 Å². The van der Waals surface area contributed by atoms with Crippen molar-refractivity contribution in [3.05, 3.63) is 57.0 Å². The maximum absolute atomic E-state index is 13.6. The van der Waals surface area contributed by atoms with Crippen molar-refractivity contribution in [2.24, 2.45) is 0 Å². The van der Waals surface area contributed by atoms with Crippen molar-refractivity contribution < 1.29 is 17.6 Å². The molecule has 1 atom stereocenters. The molecule has 1 N–H and O–H groups in total. The molecule has 2 rings (SSSR count). The first-order chi connectivity index (χ1) is 9.34. The summed E-state index contributed by atoms with van der Waals surface area (Å²) in [6.07, 6.45) is -4.67. The van der Waals surface area contributed by atoms with Crippen molar-refractivity contribution in [1.82, 2.24) is 5.32 Å². The van der Waals surface area contributed by atoms with Gasteiger partial charge in [-0.05, 0) is 53.6 Å². The molecule has 1 aromatic heterocycles. The monoisotopic (exact) mass is 303 g/mol. The third kappa shape index (κ3) is 2.86. The van der Waals surface area contributed by atoms with Crippen LogP contribution in [-0.4, -0.2) is 7.05 Å². The van der Waals surface area contributed by atoms with Gasteiger partial charge in [0.1, 0.15) is 5.82 Å². The third-order valence-corrected chi connectivity index (χ3v) is 4.01. The number of alkyl halides is 3. The maximum Gasteiger partial charge on any atom is 0.419 e. The highest BCUT2D eigenvalue weighted by Crippen LogP contribution is 2.34. The quantitative estimate of drug-likeness (QED) is 0.822. The Morgan fingerprint density at radius 2 is 1.90 bits per heavy atom. The summed E-state index contributed by atoms with van der Waals surface area (Å²) in [5, 5.41) is 6.86. The third-order valence-electron chi connectivity index (χ3n) is 3.13. The van der Waals surface area contributed by atoms with Crippen LogP contribution in [0.5, 0.6) is 0 Å². The molecule has 0 aliphatic rings. The minimum absolute atomic E-state index is 0.321. The van der Waals surface area contributed by atoms with Crippen LogP contribution < -0.4 is 5.32 Å². The summed E-state index contributed by atoms with van der Waals surface area (Å²) >= 11 is 1.50. The van der Waals surface area contributed by atoms with Gasteiger partial charge in [-0.15, -0.1) is 0 Å². The average Bonchev–Trinajstić information content (AvgIpc) is 2.75. The van der Waals surface area contributed by atoms with Crippen molar-refractivity contribution in [1.29, 1.82) is 0 Å². The summed E-state index contributed by atoms with van der Waals surface area (Å²) in [6.45, 7) is 1.91. The molecule has 0 spiro atoms. The van der Waals surface area contributed by atoms with Crippen LogP contribution in [0.1, 0.15) is 28.3 Å². The van der Waals surface area contributed by atoms with Gasteiger partial charge in [0.05, 0.1) is 11.6 Å². The first-order valence-electron chi connectivity index (χ1n) is 5.91. The van der Waals surface area contributed by atoms with Gasteiger partial charge in [0.25, 0.3) is 0 Å². The summed E-state index contributed by atoms with van der Waals surface area (Å²) in [6, 6.07) is 2.72. The highest BCUT2D eigenvalue weighted by Gasteiger charge is 2.34. The minimum atomic E-state index is -4.67. The van der Waals surface area contributed by atoms with E-state index in [0.717, 1.165) is 23.3 Å². The van der Waals surface area contributed by atoms with Crippen LogP contribution in [0.25, 0.3) is 0 Å². The first-order valence-corrected chi connectivity index (χ1v) is 6.85. The molecule has 1 heterocycles. The Hall–Kier alpha value is -1.40. The lowest BCUT2D eigenvalue weighted by Crippen LogP contribution is -2.19. The molecule has 108 valence electrons. The minimum Gasteiger partial charge on any atom is -0.309 e. The predicted octanol–water partition coefficient (Wildman–Crippen LogP) is 4.52. The number of rotatable bonds is 3. The summed E-state index contributed by atoms with van der Waals surface area (Å²) in [5.74, 6) is -1.25. The largest absolute Gasteiger partial charge is 0.419 e. The van der Waals surface area contributed by atoms with E-state index < -0.39 is 17.6 Å². The molecule has 1 aromatic carbocycles. The zero-order chi connectivity index (χ0) is 14.9. The fraction of sp³-hybridized carbons (Fsp3) is 0.286. The molecule has 2 aromatic rings. The van der Waals surface area contributed by atoms with E-state index in [1.165, 1.54) is 17.4 Å². The molecule has 0 saturated heterocycles. The second-order valence-electron chi connectivity index (χ2n) is 4.47. The SMILES string of the molecule is CNC(c1ccc(C(F)(F)F)c(F)c1)c1cscc1C. The van der Waals surface area contributed by atoms with Gasteiger partial charge in [0, 0.05) is 0 Å². The van der Waals surface area contributed by atoms with E-state index in [0.29, 0.717) is 5.56 Å². The molecule has 20 heavy (non-hydrogen) atoms. The molecule has 1 nitrogen and oxygen atoms in total. The number of hydrogen-bond donors (Lipinski definition) is 1. The van der Waals surface area contributed by atoms with E-state index in [1.807, 2.05) is 17.7 Å². The molecule has 0 aliphatic heterocycles. The molecular weight excluding hydrogens is 290 g/mol. The van der Waals surface area contributed by atoms with Crippen LogP contribution >= 0.6 is 11.3 Å². The van der Waals surface area contributed by atoms with Crippen LogP contribution in [-0.2, 0) is 6.18 Å². The van der Waals surface area contributed by atoms with Crippen molar-refractivity contribution in [3.8, 4) is 0 Å². The summed E-state index contributed by atoms with van der Waals surface area (Å²) < 4.78 is 51.3. The lowest BCUT2D eigenvalue weighted by atomic mass is 9.97. The van der Waals surface area contributed by atoms with E-state index in [-0.39, 0.29) is 6.04 Å². The van der Waals surface area contributed by atoms with Crippen LogP contribution in [0.15, 0.2) is 29.0 Å². The van der Waals surface area contributed by atoms with Crippen LogP contribution in [0.2, 0.25) is 0 Å². The van der Waals surface area contributed by atoms with Gasteiger partial charge in [-0.25, -0.2) is 4.39 Å². The molecule has 0 bridgehead atoms. The maximum atomic E-state index is 13.6. The van der Waals surface area contributed by atoms with Gasteiger partial charge in [-0.2, -0.15) is 24.5 Å². The Kier molecular flexibility index (Phi) is 4.15. The van der Waals surface area contributed by atoms with Crippen molar-refractivity contribution in [2.75, 3.05) is 7.05 Å². The number of thiophene rings is 1. The standard InChI is InChI=1S/C14H13F4NS/c1-8-6-20-7-10(8)13(19-2)9-3-4-11(12(15)5-9)14(16,17)18/h3-7,13,19H,1-2H3. The highest BCUT2D eigenvalue weighted by molar-refractivity contribution is 7.08. The number of hydrogen-bond acceptors (Lipinski definition) is 2. The predicted molar refractivity (Wildman–Crippen MR) is 71.4 cm³/mol. The summed E-state index contributed by atoms with van der Waals surface area (Å²) in [7, 11) is 1.69. The summed E-state index contributed by atoms with van der Waals surface area (Å²) in [4.78, 5) is 0. The van der Waals surface area contributed by atoms with Gasteiger partial charge >= 0.3 is 6.18 Å². The molecule has 0 fully saturated rings. The lowest BCUT2D eigenvalue weighted by Gasteiger charge is -2.18. The van der Waals surface area contributed by atoms with Crippen molar-refractivity contribution in [2.45, 2.75) is 19.1 Å². The van der Waals surface area contributed by atoms with Crippen LogP contribution in [0.4, 0.5) is 17.6 Å². The second kappa shape index (κ2) is 5.54. The lowest BCUT2D eigenvalue weighted by molar-refractivity contribution is -0.140. The molecule has 0 radical (unpaired) electrons. The Balaban J connectivity index is 2.43. The summed E-state index contributed by atoms with van der Waals surface area (Å²) in [5.41, 5.74) is 1.20. The highest BCUT2D eigenvalue weighted by atomic mass is 32.1. The normalized spacial score (nSPS) is 13.5.